The molecule has 1 amide bonds. The van der Waals surface area contributed by atoms with Gasteiger partial charge in [0.2, 0.25) is 0 Å². The Balaban J connectivity index is 0.00000200. The number of halogens is 1. The van der Waals surface area contributed by atoms with Crippen molar-refractivity contribution in [1.82, 2.24) is 10.2 Å². The molecule has 1 unspecified atom stereocenters. The molecule has 110 valence electrons. The molecule has 3 N–H and O–H groups in total. The fourth-order valence-electron chi connectivity index (χ4n) is 2.22. The van der Waals surface area contributed by atoms with E-state index >= 15 is 0 Å². The quantitative estimate of drug-likeness (QED) is 0.493. The molecular weight excluding hydrogens is 284 g/mol. The van der Waals surface area contributed by atoms with Crippen molar-refractivity contribution >= 4 is 29.7 Å². The van der Waals surface area contributed by atoms with E-state index in [1.807, 2.05) is 0 Å². The number of hydrogen-bond acceptors (Lipinski definition) is 5. The minimum absolute atomic E-state index is 0. The van der Waals surface area contributed by atoms with Gasteiger partial charge < -0.3 is 16.0 Å². The Bertz CT molecular complexity index is 517. The number of nitrogens with zero attached hydrogens (tertiary/aromatic N) is 2. The number of para-hydroxylation sites is 1. The van der Waals surface area contributed by atoms with E-state index in [0.717, 1.165) is 19.5 Å². The molecule has 1 heterocycles. The Morgan fingerprint density at radius 1 is 1.55 bits per heavy atom. The summed E-state index contributed by atoms with van der Waals surface area (Å²) in [5, 5.41) is 14.0. The highest BCUT2D eigenvalue weighted by molar-refractivity contribution is 6.01. The van der Waals surface area contributed by atoms with E-state index in [9.17, 15) is 14.9 Å². The van der Waals surface area contributed by atoms with Gasteiger partial charge in [-0.15, -0.1) is 12.4 Å². The first kappa shape index (κ1) is 16.2. The Hall–Kier alpha value is -1.86. The number of benzene rings is 1. The second-order valence-electron chi connectivity index (χ2n) is 4.56. The Labute approximate surface area is 122 Å². The van der Waals surface area contributed by atoms with E-state index in [1.54, 1.807) is 11.9 Å². The molecule has 1 aliphatic heterocycles. The lowest BCUT2D eigenvalue weighted by Crippen LogP contribution is -2.38. The third kappa shape index (κ3) is 3.00. The van der Waals surface area contributed by atoms with Crippen molar-refractivity contribution in [3.8, 4) is 0 Å². The number of rotatable bonds is 3. The van der Waals surface area contributed by atoms with Gasteiger partial charge in [-0.1, -0.05) is 6.07 Å². The number of carbonyl (C=O) groups excluding carboxylic acids is 1. The maximum absolute atomic E-state index is 12.3. The van der Waals surface area contributed by atoms with Gasteiger partial charge in [0.15, 0.2) is 0 Å². The van der Waals surface area contributed by atoms with E-state index in [1.165, 1.54) is 18.2 Å². The molecule has 1 fully saturated rings. The van der Waals surface area contributed by atoms with Gasteiger partial charge in [0, 0.05) is 25.7 Å². The molecule has 0 aromatic heterocycles. The lowest BCUT2D eigenvalue weighted by molar-refractivity contribution is -0.383. The molecule has 1 aliphatic rings. The molecule has 8 heteroatoms. The summed E-state index contributed by atoms with van der Waals surface area (Å²) in [5.74, 6) is -0.282. The SMILES string of the molecule is CN(C(=O)c1cccc([N+](=O)[O-])c1N)C1CCNC1.Cl. The summed E-state index contributed by atoms with van der Waals surface area (Å²) in [6, 6.07) is 4.39. The minimum Gasteiger partial charge on any atom is -0.393 e. The summed E-state index contributed by atoms with van der Waals surface area (Å²) in [4.78, 5) is 24.1. The van der Waals surface area contributed by atoms with Crippen molar-refractivity contribution in [2.75, 3.05) is 25.9 Å². The van der Waals surface area contributed by atoms with E-state index < -0.39 is 4.92 Å². The highest BCUT2D eigenvalue weighted by Gasteiger charge is 2.27. The predicted molar refractivity (Wildman–Crippen MR) is 78.1 cm³/mol. The molecule has 0 saturated carbocycles. The smallest absolute Gasteiger partial charge is 0.292 e. The molecule has 0 spiro atoms. The molecule has 0 aliphatic carbocycles. The molecule has 1 aromatic rings. The molecule has 1 atom stereocenters. The summed E-state index contributed by atoms with van der Waals surface area (Å²) in [7, 11) is 1.69. The van der Waals surface area contributed by atoms with Crippen LogP contribution in [-0.2, 0) is 0 Å². The number of carbonyl (C=O) groups is 1. The van der Waals surface area contributed by atoms with Gasteiger partial charge in [-0.3, -0.25) is 14.9 Å². The van der Waals surface area contributed by atoms with Crippen LogP contribution in [0.1, 0.15) is 16.8 Å². The molecule has 7 nitrogen and oxygen atoms in total. The fourth-order valence-corrected chi connectivity index (χ4v) is 2.22. The van der Waals surface area contributed by atoms with Crippen LogP contribution in [0, 0.1) is 10.1 Å². The normalized spacial score (nSPS) is 17.4. The number of nitro groups is 1. The number of hydrogen-bond donors (Lipinski definition) is 2. The molecular formula is C12H17ClN4O3. The van der Waals surface area contributed by atoms with Gasteiger partial charge in [-0.2, -0.15) is 0 Å². The average Bonchev–Trinajstić information content (AvgIpc) is 2.90. The maximum Gasteiger partial charge on any atom is 0.292 e. The van der Waals surface area contributed by atoms with Crippen molar-refractivity contribution in [2.45, 2.75) is 12.5 Å². The number of likely N-dealkylation sites (N-methyl/N-ethyl adjacent to an activating group) is 1. The number of nitrogens with two attached hydrogens (primary N) is 1. The van der Waals surface area contributed by atoms with Crippen molar-refractivity contribution < 1.29 is 9.72 Å². The highest BCUT2D eigenvalue weighted by atomic mass is 35.5. The molecule has 1 aromatic carbocycles. The van der Waals surface area contributed by atoms with Crippen LogP contribution >= 0.6 is 12.4 Å². The predicted octanol–water partition coefficient (Wildman–Crippen LogP) is 1.03. The standard InChI is InChI=1S/C12H16N4O3.ClH/c1-15(8-5-6-14-7-8)12(17)9-3-2-4-10(11(9)13)16(18)19;/h2-4,8,14H,5-7,13H2,1H3;1H. The first-order valence-corrected chi connectivity index (χ1v) is 6.03. The van der Waals surface area contributed by atoms with Crippen LogP contribution in [-0.4, -0.2) is 41.9 Å². The van der Waals surface area contributed by atoms with Crippen LogP contribution in [0.5, 0.6) is 0 Å². The Morgan fingerprint density at radius 3 is 2.80 bits per heavy atom. The average molecular weight is 301 g/mol. The first-order chi connectivity index (χ1) is 9.02. The summed E-state index contributed by atoms with van der Waals surface area (Å²) < 4.78 is 0. The van der Waals surface area contributed by atoms with E-state index in [4.69, 9.17) is 5.73 Å². The topological polar surface area (TPSA) is 102 Å². The maximum atomic E-state index is 12.3. The van der Waals surface area contributed by atoms with E-state index in [0.29, 0.717) is 0 Å². The van der Waals surface area contributed by atoms with Gasteiger partial charge in [-0.25, -0.2) is 0 Å². The summed E-state index contributed by atoms with van der Waals surface area (Å²) in [6.45, 7) is 1.60. The second kappa shape index (κ2) is 6.53. The van der Waals surface area contributed by atoms with Gasteiger partial charge >= 0.3 is 0 Å². The molecule has 1 saturated heterocycles. The van der Waals surface area contributed by atoms with Crippen LogP contribution in [0.2, 0.25) is 0 Å². The number of nitrogen functional groups attached to an aromatic ring is 1. The van der Waals surface area contributed by atoms with Gasteiger partial charge in [0.25, 0.3) is 11.6 Å². The number of nitro benzene ring substituents is 1. The zero-order valence-corrected chi connectivity index (χ0v) is 11.9. The molecule has 0 radical (unpaired) electrons. The summed E-state index contributed by atoms with van der Waals surface area (Å²) in [5.41, 5.74) is 5.59. The molecule has 0 bridgehead atoms. The van der Waals surface area contributed by atoms with Gasteiger partial charge in [0.05, 0.1) is 10.5 Å². The Morgan fingerprint density at radius 2 is 2.25 bits per heavy atom. The highest BCUT2D eigenvalue weighted by Crippen LogP contribution is 2.26. The zero-order chi connectivity index (χ0) is 14.0. The van der Waals surface area contributed by atoms with Crippen molar-refractivity contribution in [3.05, 3.63) is 33.9 Å². The number of anilines is 1. The zero-order valence-electron chi connectivity index (χ0n) is 11.0. The van der Waals surface area contributed by atoms with E-state index in [-0.39, 0.29) is 41.3 Å². The first-order valence-electron chi connectivity index (χ1n) is 6.03. The minimum atomic E-state index is -0.580. The third-order valence-electron chi connectivity index (χ3n) is 3.41. The van der Waals surface area contributed by atoms with Crippen LogP contribution in [0.4, 0.5) is 11.4 Å². The lowest BCUT2D eigenvalue weighted by Gasteiger charge is -2.24. The van der Waals surface area contributed by atoms with Crippen molar-refractivity contribution in [3.63, 3.8) is 0 Å². The monoisotopic (exact) mass is 300 g/mol. The van der Waals surface area contributed by atoms with Crippen LogP contribution < -0.4 is 11.1 Å². The van der Waals surface area contributed by atoms with Crippen molar-refractivity contribution in [2.24, 2.45) is 0 Å². The van der Waals surface area contributed by atoms with Crippen molar-refractivity contribution in [1.29, 1.82) is 0 Å². The summed E-state index contributed by atoms with van der Waals surface area (Å²) >= 11 is 0. The van der Waals surface area contributed by atoms with Gasteiger partial charge in [-0.05, 0) is 19.0 Å². The Kier molecular flexibility index (Phi) is 5.29. The van der Waals surface area contributed by atoms with Crippen LogP contribution in [0.25, 0.3) is 0 Å². The lowest BCUT2D eigenvalue weighted by atomic mass is 10.1. The third-order valence-corrected chi connectivity index (χ3v) is 3.41. The van der Waals surface area contributed by atoms with Crippen LogP contribution in [0.15, 0.2) is 18.2 Å². The van der Waals surface area contributed by atoms with Gasteiger partial charge in [0.1, 0.15) is 5.69 Å². The number of amides is 1. The molecule has 20 heavy (non-hydrogen) atoms. The fraction of sp³-hybridized carbons (Fsp3) is 0.417. The largest absolute Gasteiger partial charge is 0.393 e. The second-order valence-corrected chi connectivity index (χ2v) is 4.56. The number of nitrogens with one attached hydrogen (secondary N) is 1. The summed E-state index contributed by atoms with van der Waals surface area (Å²) in [6.07, 6.45) is 0.872. The molecule has 2 rings (SSSR count). The van der Waals surface area contributed by atoms with Crippen LogP contribution in [0.3, 0.4) is 0 Å². The van der Waals surface area contributed by atoms with E-state index in [2.05, 4.69) is 5.32 Å².